The first kappa shape index (κ1) is 18.6. The van der Waals surface area contributed by atoms with Crippen LogP contribution in [0.4, 0.5) is 10.6 Å². The quantitative estimate of drug-likeness (QED) is 0.509. The molecule has 142 valence electrons. The summed E-state index contributed by atoms with van der Waals surface area (Å²) in [6, 6.07) is 19.7. The van der Waals surface area contributed by atoms with Crippen LogP contribution < -0.4 is 10.6 Å². The van der Waals surface area contributed by atoms with Crippen LogP contribution in [0.5, 0.6) is 0 Å². The van der Waals surface area contributed by atoms with Gasteiger partial charge in [0, 0.05) is 5.56 Å². The molecule has 0 spiro atoms. The average molecular weight is 403 g/mol. The highest BCUT2D eigenvalue weighted by Gasteiger charge is 2.14. The number of imide groups is 1. The Kier molecular flexibility index (Phi) is 5.18. The normalized spacial score (nSPS) is 10.5. The Balaban J connectivity index is 1.48. The molecule has 1 heterocycles. The molecule has 0 unspecified atom stereocenters. The van der Waals surface area contributed by atoms with Crippen molar-refractivity contribution in [3.05, 3.63) is 89.7 Å². The van der Waals surface area contributed by atoms with Gasteiger partial charge in [0.15, 0.2) is 5.82 Å². The lowest BCUT2D eigenvalue weighted by Gasteiger charge is -2.08. The molecule has 1 aromatic heterocycles. The summed E-state index contributed by atoms with van der Waals surface area (Å²) in [6.07, 6.45) is 3.02. The van der Waals surface area contributed by atoms with Crippen molar-refractivity contribution in [3.63, 3.8) is 0 Å². The van der Waals surface area contributed by atoms with Gasteiger partial charge in [-0.3, -0.25) is 20.4 Å². The summed E-state index contributed by atoms with van der Waals surface area (Å²) in [5.74, 6) is -0.383. The third-order valence-corrected chi connectivity index (χ3v) is 4.63. The van der Waals surface area contributed by atoms with E-state index in [1.807, 2.05) is 42.5 Å². The number of benzene rings is 3. The molecule has 4 aromatic rings. The van der Waals surface area contributed by atoms with Crippen molar-refractivity contribution in [2.45, 2.75) is 0 Å². The zero-order chi connectivity index (χ0) is 20.2. The van der Waals surface area contributed by atoms with E-state index >= 15 is 0 Å². The van der Waals surface area contributed by atoms with Gasteiger partial charge in [-0.25, -0.2) is 9.78 Å². The Labute approximate surface area is 171 Å². The fourth-order valence-corrected chi connectivity index (χ4v) is 3.17. The Bertz CT molecular complexity index is 1200. The molecule has 3 amide bonds. The van der Waals surface area contributed by atoms with Gasteiger partial charge in [-0.05, 0) is 22.9 Å². The molecule has 6 nitrogen and oxygen atoms in total. The standard InChI is InChI=1S/C22H15ClN4O2/c23-18-11-4-3-9-17(18)21(28)27-22(29)26-20-13-24-19(12-25-20)16-10-5-7-14-6-1-2-8-15(14)16/h1-13H,(H2,25,26,27,28,29). The summed E-state index contributed by atoms with van der Waals surface area (Å²) in [7, 11) is 0. The van der Waals surface area contributed by atoms with E-state index < -0.39 is 11.9 Å². The maximum Gasteiger partial charge on any atom is 0.327 e. The molecule has 3 aromatic carbocycles. The molecule has 2 N–H and O–H groups in total. The van der Waals surface area contributed by atoms with Crippen molar-refractivity contribution in [2.24, 2.45) is 0 Å². The maximum absolute atomic E-state index is 12.1. The Hall–Kier alpha value is -3.77. The summed E-state index contributed by atoms with van der Waals surface area (Å²) < 4.78 is 0. The zero-order valence-electron chi connectivity index (χ0n) is 15.1. The summed E-state index contributed by atoms with van der Waals surface area (Å²) in [5.41, 5.74) is 1.84. The smallest absolute Gasteiger partial charge is 0.291 e. The van der Waals surface area contributed by atoms with Gasteiger partial charge in [-0.15, -0.1) is 0 Å². The van der Waals surface area contributed by atoms with E-state index in [2.05, 4.69) is 20.6 Å². The number of aromatic nitrogens is 2. The molecular formula is C22H15ClN4O2. The van der Waals surface area contributed by atoms with Crippen LogP contribution in [-0.4, -0.2) is 21.9 Å². The van der Waals surface area contributed by atoms with Gasteiger partial charge in [0.05, 0.1) is 28.7 Å². The molecule has 0 aliphatic rings. The first-order valence-corrected chi connectivity index (χ1v) is 9.16. The van der Waals surface area contributed by atoms with Crippen molar-refractivity contribution < 1.29 is 9.59 Å². The number of hydrogen-bond donors (Lipinski definition) is 2. The third kappa shape index (κ3) is 4.07. The highest BCUT2D eigenvalue weighted by atomic mass is 35.5. The molecule has 29 heavy (non-hydrogen) atoms. The van der Waals surface area contributed by atoms with E-state index in [0.717, 1.165) is 16.3 Å². The van der Waals surface area contributed by atoms with Gasteiger partial charge in [0.1, 0.15) is 0 Å². The first-order chi connectivity index (χ1) is 14.1. The number of anilines is 1. The van der Waals surface area contributed by atoms with Gasteiger partial charge in [0.2, 0.25) is 0 Å². The molecule has 0 fully saturated rings. The van der Waals surface area contributed by atoms with E-state index in [4.69, 9.17) is 11.6 Å². The Morgan fingerprint density at radius 2 is 1.59 bits per heavy atom. The number of fused-ring (bicyclic) bond motifs is 1. The maximum atomic E-state index is 12.1. The third-order valence-electron chi connectivity index (χ3n) is 4.30. The van der Waals surface area contributed by atoms with Gasteiger partial charge in [-0.2, -0.15) is 0 Å². The molecule has 0 saturated carbocycles. The van der Waals surface area contributed by atoms with Crippen LogP contribution in [-0.2, 0) is 0 Å². The molecule has 0 radical (unpaired) electrons. The largest absolute Gasteiger partial charge is 0.327 e. The van der Waals surface area contributed by atoms with Crippen molar-refractivity contribution in [3.8, 4) is 11.3 Å². The highest BCUT2D eigenvalue weighted by Crippen LogP contribution is 2.26. The van der Waals surface area contributed by atoms with Gasteiger partial charge >= 0.3 is 6.03 Å². The van der Waals surface area contributed by atoms with E-state index in [-0.39, 0.29) is 16.4 Å². The number of urea groups is 1. The predicted octanol–water partition coefficient (Wildman–Crippen LogP) is 4.91. The molecular weight excluding hydrogens is 388 g/mol. The molecule has 0 saturated heterocycles. The Morgan fingerprint density at radius 3 is 2.38 bits per heavy atom. The molecule has 0 bridgehead atoms. The Morgan fingerprint density at radius 1 is 0.828 bits per heavy atom. The van der Waals surface area contributed by atoms with Crippen molar-refractivity contribution >= 4 is 40.1 Å². The van der Waals surface area contributed by atoms with Gasteiger partial charge in [-0.1, -0.05) is 66.2 Å². The zero-order valence-corrected chi connectivity index (χ0v) is 15.9. The van der Waals surface area contributed by atoms with Crippen molar-refractivity contribution in [1.29, 1.82) is 0 Å². The average Bonchev–Trinajstić information content (AvgIpc) is 2.74. The number of halogens is 1. The van der Waals surface area contributed by atoms with Crippen LogP contribution in [0, 0.1) is 0 Å². The fraction of sp³-hybridized carbons (Fsp3) is 0. The second-order valence-electron chi connectivity index (χ2n) is 6.20. The number of rotatable bonds is 3. The van der Waals surface area contributed by atoms with E-state index in [9.17, 15) is 9.59 Å². The summed E-state index contributed by atoms with van der Waals surface area (Å²) in [6.45, 7) is 0. The van der Waals surface area contributed by atoms with Crippen molar-refractivity contribution in [2.75, 3.05) is 5.32 Å². The van der Waals surface area contributed by atoms with Crippen LogP contribution in [0.25, 0.3) is 22.0 Å². The molecule has 0 aliphatic heterocycles. The minimum atomic E-state index is -0.720. The second kappa shape index (κ2) is 8.08. The number of carbonyl (C=O) groups is 2. The number of nitrogens with zero attached hydrogens (tertiary/aromatic N) is 2. The summed E-state index contributed by atoms with van der Waals surface area (Å²) in [5, 5.41) is 7.13. The van der Waals surface area contributed by atoms with E-state index in [1.165, 1.54) is 12.3 Å². The monoisotopic (exact) mass is 402 g/mol. The number of nitrogens with one attached hydrogen (secondary N) is 2. The number of amides is 3. The number of hydrogen-bond acceptors (Lipinski definition) is 4. The molecule has 0 atom stereocenters. The van der Waals surface area contributed by atoms with Gasteiger partial charge < -0.3 is 0 Å². The lowest BCUT2D eigenvalue weighted by atomic mass is 10.0. The van der Waals surface area contributed by atoms with Crippen LogP contribution in [0.3, 0.4) is 0 Å². The van der Waals surface area contributed by atoms with Crippen LogP contribution in [0.1, 0.15) is 10.4 Å². The minimum absolute atomic E-state index is 0.210. The molecule has 4 rings (SSSR count). The summed E-state index contributed by atoms with van der Waals surface area (Å²) >= 11 is 5.96. The first-order valence-electron chi connectivity index (χ1n) is 8.79. The van der Waals surface area contributed by atoms with Crippen LogP contribution in [0.2, 0.25) is 5.02 Å². The van der Waals surface area contributed by atoms with Crippen molar-refractivity contribution in [1.82, 2.24) is 15.3 Å². The van der Waals surface area contributed by atoms with E-state index in [0.29, 0.717) is 5.69 Å². The molecule has 7 heteroatoms. The van der Waals surface area contributed by atoms with Gasteiger partial charge in [0.25, 0.3) is 5.91 Å². The second-order valence-corrected chi connectivity index (χ2v) is 6.61. The number of carbonyl (C=O) groups excluding carboxylic acids is 2. The lowest BCUT2D eigenvalue weighted by molar-refractivity contribution is 0.0967. The lowest BCUT2D eigenvalue weighted by Crippen LogP contribution is -2.34. The SMILES string of the molecule is O=C(NC(=O)c1ccccc1Cl)Nc1cnc(-c2cccc3ccccc23)cn1. The van der Waals surface area contributed by atoms with E-state index in [1.54, 1.807) is 24.4 Å². The van der Waals surface area contributed by atoms with Crippen LogP contribution in [0.15, 0.2) is 79.1 Å². The predicted molar refractivity (Wildman–Crippen MR) is 113 cm³/mol. The minimum Gasteiger partial charge on any atom is -0.291 e. The fourth-order valence-electron chi connectivity index (χ4n) is 2.94. The topological polar surface area (TPSA) is 84.0 Å². The molecule has 0 aliphatic carbocycles. The highest BCUT2D eigenvalue weighted by molar-refractivity contribution is 6.34. The summed E-state index contributed by atoms with van der Waals surface area (Å²) in [4.78, 5) is 32.8. The van der Waals surface area contributed by atoms with Crippen LogP contribution >= 0.6 is 11.6 Å².